The Balaban J connectivity index is 1.24. The van der Waals surface area contributed by atoms with Crippen LogP contribution in [0, 0.1) is 6.92 Å². The first-order chi connectivity index (χ1) is 13.4. The van der Waals surface area contributed by atoms with Crippen molar-refractivity contribution < 1.29 is 27.6 Å². The maximum Gasteiger partial charge on any atom is 0.586 e. The van der Waals surface area contributed by atoms with Crippen molar-refractivity contribution in [1.82, 2.24) is 15.0 Å². The highest BCUT2D eigenvalue weighted by atomic mass is 19.3. The molecule has 0 aliphatic carbocycles. The topological polar surface area (TPSA) is 80.1 Å². The third-order valence-corrected chi connectivity index (χ3v) is 4.58. The molecule has 1 aromatic carbocycles. The van der Waals surface area contributed by atoms with E-state index in [0.29, 0.717) is 5.69 Å². The van der Waals surface area contributed by atoms with E-state index in [2.05, 4.69) is 24.8 Å². The molecule has 1 fully saturated rings. The van der Waals surface area contributed by atoms with Crippen LogP contribution in [0.1, 0.15) is 11.5 Å². The number of carbonyl (C=O) groups excluding carboxylic acids is 1. The first-order valence-corrected chi connectivity index (χ1v) is 8.93. The highest BCUT2D eigenvalue weighted by Gasteiger charge is 2.43. The normalized spacial score (nSPS) is 19.0. The van der Waals surface area contributed by atoms with Gasteiger partial charge in [0.05, 0.1) is 12.2 Å². The Morgan fingerprint density at radius 2 is 1.86 bits per heavy atom. The molecule has 28 heavy (non-hydrogen) atoms. The van der Waals surface area contributed by atoms with Crippen molar-refractivity contribution in [3.05, 3.63) is 35.7 Å². The number of nitrogens with zero attached hydrogens (tertiary/aromatic N) is 3. The number of halogens is 2. The molecule has 2 aromatic rings. The third-order valence-electron chi connectivity index (χ3n) is 4.58. The second kappa shape index (κ2) is 7.36. The average Bonchev–Trinajstić information content (AvgIpc) is 3.17. The number of rotatable bonds is 5. The summed E-state index contributed by atoms with van der Waals surface area (Å²) >= 11 is 0. The number of alkyl halides is 2. The first kappa shape index (κ1) is 18.6. The molecular weight excluding hydrogens is 374 g/mol. The quantitative estimate of drug-likeness (QED) is 0.832. The molecule has 3 heterocycles. The lowest BCUT2D eigenvalue weighted by Gasteiger charge is -2.33. The fourth-order valence-corrected chi connectivity index (χ4v) is 3.26. The molecule has 0 atom stereocenters. The van der Waals surface area contributed by atoms with Gasteiger partial charge in [-0.25, -0.2) is 0 Å². The number of piperazine rings is 1. The number of nitrogens with one attached hydrogen (secondary N) is 1. The predicted octanol–water partition coefficient (Wildman–Crippen LogP) is 2.06. The van der Waals surface area contributed by atoms with E-state index < -0.39 is 6.29 Å². The standard InChI is InChI=1S/C18H20F2N4O4/c1-12-8-14(22-28-12)10-23-4-6-24(7-5-23)11-17(25)21-13-2-3-15-16(9-13)27-18(19,20)26-15/h2-3,8-9H,4-7,10-11H2,1H3,(H,21,25). The maximum absolute atomic E-state index is 13.1. The van der Waals surface area contributed by atoms with Gasteiger partial charge in [-0.2, -0.15) is 0 Å². The van der Waals surface area contributed by atoms with Crippen molar-refractivity contribution in [2.75, 3.05) is 38.0 Å². The van der Waals surface area contributed by atoms with Gasteiger partial charge in [0.2, 0.25) is 5.91 Å². The molecule has 0 bridgehead atoms. The number of fused-ring (bicyclic) bond motifs is 1. The summed E-state index contributed by atoms with van der Waals surface area (Å²) in [5.74, 6) is 0.421. The van der Waals surface area contributed by atoms with Crippen LogP contribution in [0.4, 0.5) is 14.5 Å². The summed E-state index contributed by atoms with van der Waals surface area (Å²) in [5, 5.41) is 6.70. The Kier molecular flexibility index (Phi) is 4.90. The largest absolute Gasteiger partial charge is 0.586 e. The van der Waals surface area contributed by atoms with E-state index in [0.717, 1.165) is 44.2 Å². The Hall–Kier alpha value is -2.72. The summed E-state index contributed by atoms with van der Waals surface area (Å²) in [6.07, 6.45) is -3.67. The maximum atomic E-state index is 13.1. The highest BCUT2D eigenvalue weighted by molar-refractivity contribution is 5.92. The molecular formula is C18H20F2N4O4. The van der Waals surface area contributed by atoms with Crippen LogP contribution in [-0.4, -0.2) is 59.9 Å². The summed E-state index contributed by atoms with van der Waals surface area (Å²) < 4.78 is 39.9. The molecule has 8 nitrogen and oxygen atoms in total. The predicted molar refractivity (Wildman–Crippen MR) is 94.2 cm³/mol. The molecule has 0 unspecified atom stereocenters. The van der Waals surface area contributed by atoms with Gasteiger partial charge in [0.25, 0.3) is 0 Å². The van der Waals surface area contributed by atoms with Gasteiger partial charge < -0.3 is 19.3 Å². The van der Waals surface area contributed by atoms with Gasteiger partial charge >= 0.3 is 6.29 Å². The smallest absolute Gasteiger partial charge is 0.395 e. The monoisotopic (exact) mass is 394 g/mol. The summed E-state index contributed by atoms with van der Waals surface area (Å²) in [4.78, 5) is 16.6. The number of aromatic nitrogens is 1. The van der Waals surface area contributed by atoms with Crippen molar-refractivity contribution >= 4 is 11.6 Å². The summed E-state index contributed by atoms with van der Waals surface area (Å²) in [5.41, 5.74) is 1.28. The van der Waals surface area contributed by atoms with E-state index in [9.17, 15) is 13.6 Å². The number of ether oxygens (including phenoxy) is 2. The Bertz CT molecular complexity index is 865. The highest BCUT2D eigenvalue weighted by Crippen LogP contribution is 2.42. The molecule has 1 N–H and O–H groups in total. The van der Waals surface area contributed by atoms with Crippen LogP contribution in [0.2, 0.25) is 0 Å². The van der Waals surface area contributed by atoms with E-state index in [1.165, 1.54) is 18.2 Å². The fraction of sp³-hybridized carbons (Fsp3) is 0.444. The molecule has 0 saturated carbocycles. The fourth-order valence-electron chi connectivity index (χ4n) is 3.26. The molecule has 2 aliphatic rings. The van der Waals surface area contributed by atoms with Crippen LogP contribution in [0.5, 0.6) is 11.5 Å². The molecule has 1 saturated heterocycles. The average molecular weight is 394 g/mol. The number of amides is 1. The summed E-state index contributed by atoms with van der Waals surface area (Å²) in [6.45, 7) is 5.94. The molecule has 0 spiro atoms. The number of anilines is 1. The lowest BCUT2D eigenvalue weighted by atomic mass is 10.2. The van der Waals surface area contributed by atoms with E-state index in [1.54, 1.807) is 0 Å². The van der Waals surface area contributed by atoms with Crippen LogP contribution < -0.4 is 14.8 Å². The summed E-state index contributed by atoms with van der Waals surface area (Å²) in [6, 6.07) is 6.09. The Labute approximate surface area is 160 Å². The van der Waals surface area contributed by atoms with Crippen LogP contribution in [-0.2, 0) is 11.3 Å². The molecule has 10 heteroatoms. The zero-order valence-corrected chi connectivity index (χ0v) is 15.3. The second-order valence-corrected chi connectivity index (χ2v) is 6.86. The van der Waals surface area contributed by atoms with Gasteiger partial charge in [0, 0.05) is 50.5 Å². The van der Waals surface area contributed by atoms with E-state index in [-0.39, 0.29) is 24.0 Å². The first-order valence-electron chi connectivity index (χ1n) is 8.93. The molecule has 2 aliphatic heterocycles. The molecule has 1 amide bonds. The minimum Gasteiger partial charge on any atom is -0.395 e. The number of aryl methyl sites for hydroxylation is 1. The lowest BCUT2D eigenvalue weighted by Crippen LogP contribution is -2.48. The van der Waals surface area contributed by atoms with E-state index in [4.69, 9.17) is 4.52 Å². The Morgan fingerprint density at radius 1 is 1.14 bits per heavy atom. The number of hydrogen-bond donors (Lipinski definition) is 1. The number of hydrogen-bond acceptors (Lipinski definition) is 7. The van der Waals surface area contributed by atoms with E-state index in [1.807, 2.05) is 17.9 Å². The van der Waals surface area contributed by atoms with Gasteiger partial charge in [-0.15, -0.1) is 8.78 Å². The van der Waals surface area contributed by atoms with Crippen molar-refractivity contribution in [2.24, 2.45) is 0 Å². The molecule has 4 rings (SSSR count). The van der Waals surface area contributed by atoms with Gasteiger partial charge in [-0.1, -0.05) is 5.16 Å². The van der Waals surface area contributed by atoms with Crippen molar-refractivity contribution in [2.45, 2.75) is 19.8 Å². The molecule has 150 valence electrons. The minimum atomic E-state index is -3.67. The van der Waals surface area contributed by atoms with Gasteiger partial charge in [0.1, 0.15) is 5.76 Å². The number of carbonyl (C=O) groups is 1. The van der Waals surface area contributed by atoms with Crippen molar-refractivity contribution in [3.63, 3.8) is 0 Å². The molecule has 0 radical (unpaired) electrons. The zero-order valence-electron chi connectivity index (χ0n) is 15.3. The second-order valence-electron chi connectivity index (χ2n) is 6.86. The molecule has 1 aromatic heterocycles. The van der Waals surface area contributed by atoms with Gasteiger partial charge in [0.15, 0.2) is 11.5 Å². The van der Waals surface area contributed by atoms with Crippen molar-refractivity contribution in [1.29, 1.82) is 0 Å². The SMILES string of the molecule is Cc1cc(CN2CCN(CC(=O)Nc3ccc4c(c3)OC(F)(F)O4)CC2)no1. The third kappa shape index (κ3) is 4.39. The Morgan fingerprint density at radius 3 is 2.57 bits per heavy atom. The van der Waals surface area contributed by atoms with E-state index >= 15 is 0 Å². The van der Waals surface area contributed by atoms with Gasteiger partial charge in [-0.3, -0.25) is 14.6 Å². The van der Waals surface area contributed by atoms with Gasteiger partial charge in [-0.05, 0) is 19.1 Å². The van der Waals surface area contributed by atoms with Crippen molar-refractivity contribution in [3.8, 4) is 11.5 Å². The van der Waals surface area contributed by atoms with Crippen LogP contribution >= 0.6 is 0 Å². The number of benzene rings is 1. The zero-order chi connectivity index (χ0) is 19.7. The van der Waals surface area contributed by atoms with Crippen LogP contribution in [0.15, 0.2) is 28.8 Å². The summed E-state index contributed by atoms with van der Waals surface area (Å²) in [7, 11) is 0. The lowest BCUT2D eigenvalue weighted by molar-refractivity contribution is -0.286. The van der Waals surface area contributed by atoms with Crippen LogP contribution in [0.25, 0.3) is 0 Å². The van der Waals surface area contributed by atoms with Crippen LogP contribution in [0.3, 0.4) is 0 Å². The minimum absolute atomic E-state index is 0.0542.